The summed E-state index contributed by atoms with van der Waals surface area (Å²) in [5, 5.41) is 2.84. The Balaban J connectivity index is 1.83. The predicted molar refractivity (Wildman–Crippen MR) is 95.1 cm³/mol. The third-order valence-electron chi connectivity index (χ3n) is 4.08. The number of anilines is 1. The molecule has 1 N–H and O–H groups in total. The summed E-state index contributed by atoms with van der Waals surface area (Å²) in [6, 6.07) is 15.8. The van der Waals surface area contributed by atoms with Gasteiger partial charge in [0.05, 0.1) is 0 Å². The molecule has 23 heavy (non-hydrogen) atoms. The van der Waals surface area contributed by atoms with Gasteiger partial charge in [0, 0.05) is 5.69 Å². The van der Waals surface area contributed by atoms with Gasteiger partial charge in [-0.15, -0.1) is 0 Å². The van der Waals surface area contributed by atoms with E-state index in [2.05, 4.69) is 38.2 Å². The number of carbonyl (C=O) groups excluding carboxylic acids is 1. The maximum Gasteiger partial charge on any atom is 0.262 e. The minimum Gasteiger partial charge on any atom is -0.484 e. The number of rotatable bonds is 7. The van der Waals surface area contributed by atoms with Gasteiger partial charge in [-0.05, 0) is 54.2 Å². The van der Waals surface area contributed by atoms with E-state index in [1.54, 1.807) is 0 Å². The number of amides is 1. The first-order valence-electron chi connectivity index (χ1n) is 8.24. The van der Waals surface area contributed by atoms with Gasteiger partial charge in [-0.3, -0.25) is 4.79 Å². The topological polar surface area (TPSA) is 38.3 Å². The molecule has 2 rings (SSSR count). The number of benzene rings is 2. The number of ether oxygens (including phenoxy) is 1. The molecule has 1 amide bonds. The fraction of sp³-hybridized carbons (Fsp3) is 0.350. The van der Waals surface area contributed by atoms with E-state index < -0.39 is 0 Å². The number of carbonyl (C=O) groups is 1. The van der Waals surface area contributed by atoms with Crippen molar-refractivity contribution in [1.82, 2.24) is 0 Å². The first-order chi connectivity index (χ1) is 11.1. The average molecular weight is 311 g/mol. The van der Waals surface area contributed by atoms with Crippen LogP contribution in [0.25, 0.3) is 0 Å². The molecule has 122 valence electrons. The van der Waals surface area contributed by atoms with Gasteiger partial charge < -0.3 is 10.1 Å². The van der Waals surface area contributed by atoms with Gasteiger partial charge in [0.15, 0.2) is 6.61 Å². The molecule has 2 aromatic rings. The van der Waals surface area contributed by atoms with E-state index in [9.17, 15) is 4.79 Å². The second-order valence-electron chi connectivity index (χ2n) is 5.77. The Labute approximate surface area is 138 Å². The summed E-state index contributed by atoms with van der Waals surface area (Å²) >= 11 is 0. The van der Waals surface area contributed by atoms with E-state index in [0.717, 1.165) is 18.5 Å². The normalized spacial score (nSPS) is 11.8. The number of nitrogens with one attached hydrogen (secondary N) is 1. The third kappa shape index (κ3) is 5.13. The van der Waals surface area contributed by atoms with E-state index in [4.69, 9.17) is 4.74 Å². The van der Waals surface area contributed by atoms with Crippen LogP contribution in [0.15, 0.2) is 48.5 Å². The van der Waals surface area contributed by atoms with Crippen molar-refractivity contribution < 1.29 is 9.53 Å². The number of aryl methyl sites for hydroxylation is 1. The lowest BCUT2D eigenvalue weighted by atomic mass is 9.99. The lowest BCUT2D eigenvalue weighted by molar-refractivity contribution is -0.118. The van der Waals surface area contributed by atoms with Crippen molar-refractivity contribution in [2.45, 2.75) is 39.5 Å². The first-order valence-corrected chi connectivity index (χ1v) is 8.24. The van der Waals surface area contributed by atoms with Crippen LogP contribution in [0.1, 0.15) is 44.2 Å². The van der Waals surface area contributed by atoms with E-state index >= 15 is 0 Å². The molecule has 0 spiro atoms. The fourth-order valence-corrected chi connectivity index (χ4v) is 2.30. The second kappa shape index (κ2) is 8.37. The smallest absolute Gasteiger partial charge is 0.262 e. The molecule has 0 aliphatic heterocycles. The Kier molecular flexibility index (Phi) is 6.21. The van der Waals surface area contributed by atoms with Crippen LogP contribution in [0, 0.1) is 0 Å². The van der Waals surface area contributed by atoms with Crippen LogP contribution in [-0.2, 0) is 11.2 Å². The Hall–Kier alpha value is -2.29. The average Bonchev–Trinajstić information content (AvgIpc) is 2.60. The van der Waals surface area contributed by atoms with Gasteiger partial charge in [-0.1, -0.05) is 45.0 Å². The second-order valence-corrected chi connectivity index (χ2v) is 5.77. The Morgan fingerprint density at radius 2 is 1.70 bits per heavy atom. The highest BCUT2D eigenvalue weighted by atomic mass is 16.5. The van der Waals surface area contributed by atoms with E-state index in [-0.39, 0.29) is 12.5 Å². The molecule has 0 aliphatic rings. The minimum atomic E-state index is -0.153. The van der Waals surface area contributed by atoms with Crippen LogP contribution < -0.4 is 10.1 Å². The zero-order chi connectivity index (χ0) is 16.7. The molecule has 0 bridgehead atoms. The van der Waals surface area contributed by atoms with Crippen molar-refractivity contribution >= 4 is 11.6 Å². The maximum atomic E-state index is 11.9. The van der Waals surface area contributed by atoms with Crippen LogP contribution in [0.2, 0.25) is 0 Å². The SMILES string of the molecule is CCc1ccc(NC(=O)COc2ccc([C@@H](C)CC)cc2)cc1. The van der Waals surface area contributed by atoms with Gasteiger partial charge in [0.1, 0.15) is 5.75 Å². The molecule has 0 saturated carbocycles. The highest BCUT2D eigenvalue weighted by molar-refractivity contribution is 5.91. The van der Waals surface area contributed by atoms with Crippen LogP contribution >= 0.6 is 0 Å². The lowest BCUT2D eigenvalue weighted by Gasteiger charge is -2.11. The molecule has 0 fully saturated rings. The minimum absolute atomic E-state index is 0.0121. The molecule has 0 radical (unpaired) electrons. The summed E-state index contributed by atoms with van der Waals surface area (Å²) in [5.41, 5.74) is 3.34. The summed E-state index contributed by atoms with van der Waals surface area (Å²) in [7, 11) is 0. The quantitative estimate of drug-likeness (QED) is 0.799. The van der Waals surface area contributed by atoms with Gasteiger partial charge in [0.25, 0.3) is 5.91 Å². The van der Waals surface area contributed by atoms with Crippen molar-refractivity contribution in [3.63, 3.8) is 0 Å². The van der Waals surface area contributed by atoms with Crippen molar-refractivity contribution in [2.24, 2.45) is 0 Å². The summed E-state index contributed by atoms with van der Waals surface area (Å²) in [6.45, 7) is 6.49. The van der Waals surface area contributed by atoms with Crippen molar-refractivity contribution in [3.8, 4) is 5.75 Å². The summed E-state index contributed by atoms with van der Waals surface area (Å²) in [5.74, 6) is 1.10. The molecule has 2 aromatic carbocycles. The number of hydrogen-bond acceptors (Lipinski definition) is 2. The molecule has 3 nitrogen and oxygen atoms in total. The van der Waals surface area contributed by atoms with Gasteiger partial charge in [-0.25, -0.2) is 0 Å². The molecular formula is C20H25NO2. The van der Waals surface area contributed by atoms with Crippen LogP contribution in [0.3, 0.4) is 0 Å². The van der Waals surface area contributed by atoms with Crippen LogP contribution in [0.5, 0.6) is 5.75 Å². The Morgan fingerprint density at radius 1 is 1.04 bits per heavy atom. The van der Waals surface area contributed by atoms with Crippen LogP contribution in [0.4, 0.5) is 5.69 Å². The fourth-order valence-electron chi connectivity index (χ4n) is 2.30. The van der Waals surface area contributed by atoms with Gasteiger partial charge in [-0.2, -0.15) is 0 Å². The van der Waals surface area contributed by atoms with Crippen LogP contribution in [-0.4, -0.2) is 12.5 Å². The summed E-state index contributed by atoms with van der Waals surface area (Å²) in [4.78, 5) is 11.9. The summed E-state index contributed by atoms with van der Waals surface area (Å²) < 4.78 is 5.54. The van der Waals surface area contributed by atoms with Gasteiger partial charge in [0.2, 0.25) is 0 Å². The summed E-state index contributed by atoms with van der Waals surface area (Å²) in [6.07, 6.45) is 2.10. The molecule has 0 unspecified atom stereocenters. The zero-order valence-electron chi connectivity index (χ0n) is 14.1. The number of hydrogen-bond donors (Lipinski definition) is 1. The van der Waals surface area contributed by atoms with Crippen molar-refractivity contribution in [2.75, 3.05) is 11.9 Å². The van der Waals surface area contributed by atoms with Crippen molar-refractivity contribution in [1.29, 1.82) is 0 Å². The molecular weight excluding hydrogens is 286 g/mol. The van der Waals surface area contributed by atoms with Gasteiger partial charge >= 0.3 is 0 Å². The monoisotopic (exact) mass is 311 g/mol. The first kappa shape index (κ1) is 17.1. The molecule has 0 saturated heterocycles. The van der Waals surface area contributed by atoms with E-state index in [1.807, 2.05) is 36.4 Å². The third-order valence-corrected chi connectivity index (χ3v) is 4.08. The molecule has 1 atom stereocenters. The Bertz CT molecular complexity index is 617. The van der Waals surface area contributed by atoms with Crippen molar-refractivity contribution in [3.05, 3.63) is 59.7 Å². The Morgan fingerprint density at radius 3 is 2.26 bits per heavy atom. The zero-order valence-corrected chi connectivity index (χ0v) is 14.1. The van der Waals surface area contributed by atoms with E-state index in [0.29, 0.717) is 11.7 Å². The maximum absolute atomic E-state index is 11.9. The van der Waals surface area contributed by atoms with E-state index in [1.165, 1.54) is 11.1 Å². The lowest BCUT2D eigenvalue weighted by Crippen LogP contribution is -2.20. The molecule has 0 aliphatic carbocycles. The standard InChI is InChI=1S/C20H25NO2/c1-4-15(3)17-8-12-19(13-9-17)23-14-20(22)21-18-10-6-16(5-2)7-11-18/h6-13,15H,4-5,14H2,1-3H3,(H,21,22)/t15-/m0/s1. The highest BCUT2D eigenvalue weighted by Gasteiger charge is 2.06. The molecule has 0 heterocycles. The molecule has 0 aromatic heterocycles. The largest absolute Gasteiger partial charge is 0.484 e. The highest BCUT2D eigenvalue weighted by Crippen LogP contribution is 2.21. The molecule has 3 heteroatoms. The predicted octanol–water partition coefficient (Wildman–Crippen LogP) is 4.78.